The van der Waals surface area contributed by atoms with Crippen LogP contribution in [0.3, 0.4) is 0 Å². The number of aliphatic carboxylic acids is 2. The van der Waals surface area contributed by atoms with Crippen molar-refractivity contribution >= 4 is 53.4 Å². The Morgan fingerprint density at radius 1 is 0.803 bits per heavy atom. The van der Waals surface area contributed by atoms with Gasteiger partial charge in [-0.3, -0.25) is 49.0 Å². The number of rotatable bonds is 23. The van der Waals surface area contributed by atoms with E-state index in [4.69, 9.17) is 4.74 Å². The summed E-state index contributed by atoms with van der Waals surface area (Å²) in [5, 5.41) is 41.2. The van der Waals surface area contributed by atoms with E-state index in [1.807, 2.05) is 60.7 Å². The van der Waals surface area contributed by atoms with Crippen molar-refractivity contribution in [2.75, 3.05) is 13.1 Å². The molecule has 2 aromatic carbocycles. The Morgan fingerprint density at radius 3 is 1.97 bits per heavy atom. The molecule has 21 heteroatoms. The van der Waals surface area contributed by atoms with Crippen molar-refractivity contribution < 1.29 is 63.3 Å². The van der Waals surface area contributed by atoms with Crippen LogP contribution < -0.4 is 26.7 Å². The molecular formula is C45H64N8O13. The highest BCUT2D eigenvalue weighted by atomic mass is 16.5. The first-order valence-electron chi connectivity index (χ1n) is 21.9. The van der Waals surface area contributed by atoms with Crippen molar-refractivity contribution in [2.24, 2.45) is 11.8 Å². The molecule has 0 bridgehead atoms. The van der Waals surface area contributed by atoms with E-state index < -0.39 is 127 Å². The molecular weight excluding hydrogens is 861 g/mol. The second-order valence-electron chi connectivity index (χ2n) is 16.6. The normalized spacial score (nSPS) is 17.2. The number of nitrogens with one attached hydrogen (secondary N) is 5. The molecule has 8 amide bonds. The van der Waals surface area contributed by atoms with Gasteiger partial charge in [-0.05, 0) is 43.2 Å². The average molecular weight is 925 g/mol. The molecule has 0 saturated carbocycles. The van der Waals surface area contributed by atoms with E-state index in [0.29, 0.717) is 0 Å². The zero-order valence-corrected chi connectivity index (χ0v) is 38.4. The molecule has 0 radical (unpaired) electrons. The molecule has 1 aliphatic rings. The molecule has 362 valence electrons. The van der Waals surface area contributed by atoms with Crippen LogP contribution in [0.25, 0.3) is 0 Å². The third kappa shape index (κ3) is 15.8. The number of carboxylic acids is 2. The van der Waals surface area contributed by atoms with E-state index >= 15 is 0 Å². The van der Waals surface area contributed by atoms with E-state index in [0.717, 1.165) is 23.1 Å². The molecule has 21 nitrogen and oxygen atoms in total. The lowest BCUT2D eigenvalue weighted by molar-refractivity contribution is -0.187. The smallest absolute Gasteiger partial charge is 0.336 e. The van der Waals surface area contributed by atoms with Gasteiger partial charge in [-0.25, -0.2) is 14.9 Å². The number of nitrogens with zero attached hydrogens (tertiary/aromatic N) is 3. The lowest BCUT2D eigenvalue weighted by atomic mass is 9.95. The number of urea groups is 1. The Kier molecular flexibility index (Phi) is 21.0. The van der Waals surface area contributed by atoms with E-state index in [9.17, 15) is 58.6 Å². The largest absolute Gasteiger partial charge is 0.481 e. The van der Waals surface area contributed by atoms with Crippen molar-refractivity contribution in [2.45, 2.75) is 130 Å². The third-order valence-corrected chi connectivity index (χ3v) is 11.1. The first-order valence-corrected chi connectivity index (χ1v) is 21.9. The number of benzene rings is 2. The Balaban J connectivity index is 1.92. The summed E-state index contributed by atoms with van der Waals surface area (Å²) in [7, 11) is 0. The second kappa shape index (κ2) is 25.8. The minimum absolute atomic E-state index is 0.0237. The lowest BCUT2D eigenvalue weighted by Gasteiger charge is -2.35. The van der Waals surface area contributed by atoms with Gasteiger partial charge in [0.2, 0.25) is 23.6 Å². The molecule has 8 atom stereocenters. The van der Waals surface area contributed by atoms with Gasteiger partial charge in [-0.15, -0.1) is 0 Å². The zero-order valence-electron chi connectivity index (χ0n) is 38.4. The van der Waals surface area contributed by atoms with E-state index in [-0.39, 0.29) is 37.6 Å². The average Bonchev–Trinajstić information content (AvgIpc) is 3.71. The van der Waals surface area contributed by atoms with Gasteiger partial charge in [0.25, 0.3) is 11.8 Å². The first kappa shape index (κ1) is 53.7. The number of hydroxylamine groups is 2. The van der Waals surface area contributed by atoms with Crippen LogP contribution in [0.15, 0.2) is 60.7 Å². The summed E-state index contributed by atoms with van der Waals surface area (Å²) >= 11 is 0. The summed E-state index contributed by atoms with van der Waals surface area (Å²) in [6.45, 7) is 11.1. The van der Waals surface area contributed by atoms with Gasteiger partial charge in [-0.1, -0.05) is 94.8 Å². The molecule has 1 heterocycles. The Hall–Kier alpha value is -6.61. The number of carbonyl (C=O) groups is 9. The van der Waals surface area contributed by atoms with Gasteiger partial charge in [0.15, 0.2) is 0 Å². The van der Waals surface area contributed by atoms with E-state index in [1.54, 1.807) is 34.6 Å². The Labute approximate surface area is 383 Å². The van der Waals surface area contributed by atoms with Crippen LogP contribution >= 0.6 is 0 Å². The number of carboxylic acid groups (broad SMARTS) is 2. The SMILES string of the molecule is CC[C@H](C)[C@@H](C(=O)N[C@H](C(=O)N1C[C@H](OCc2ccccc2)C[C@H]1C(=O)NN(CC)C(=O)N[C@@H](C)c1ccccc1)C(C)C)N(O)C(=O)[C@@H](CCC(=O)O)NC(=O)[C@H](CC(=O)O)NC(C)=O. The highest BCUT2D eigenvalue weighted by molar-refractivity contribution is 5.97. The minimum Gasteiger partial charge on any atom is -0.481 e. The van der Waals surface area contributed by atoms with Gasteiger partial charge in [0, 0.05) is 32.9 Å². The van der Waals surface area contributed by atoms with Crippen LogP contribution in [0.5, 0.6) is 0 Å². The fourth-order valence-corrected chi connectivity index (χ4v) is 7.26. The molecule has 0 aromatic heterocycles. The number of hydrazine groups is 1. The number of ether oxygens (including phenoxy) is 1. The van der Waals surface area contributed by atoms with E-state index in [2.05, 4.69) is 26.7 Å². The van der Waals surface area contributed by atoms with Gasteiger partial charge < -0.3 is 41.1 Å². The predicted octanol–water partition coefficient (Wildman–Crippen LogP) is 2.10. The summed E-state index contributed by atoms with van der Waals surface area (Å²) in [4.78, 5) is 120. The quantitative estimate of drug-likeness (QED) is 0.0586. The molecule has 1 aliphatic heterocycles. The van der Waals surface area contributed by atoms with Crippen LogP contribution in [0.2, 0.25) is 0 Å². The molecule has 0 aliphatic carbocycles. The molecule has 2 aromatic rings. The van der Waals surface area contributed by atoms with Crippen molar-refractivity contribution in [3.63, 3.8) is 0 Å². The molecule has 66 heavy (non-hydrogen) atoms. The van der Waals surface area contributed by atoms with Crippen LogP contribution in [-0.4, -0.2) is 133 Å². The van der Waals surface area contributed by atoms with Crippen molar-refractivity contribution in [3.05, 3.63) is 71.8 Å². The zero-order chi connectivity index (χ0) is 49.2. The van der Waals surface area contributed by atoms with Crippen LogP contribution in [-0.2, 0) is 49.7 Å². The summed E-state index contributed by atoms with van der Waals surface area (Å²) in [5.74, 6) is -9.98. The molecule has 1 fully saturated rings. The van der Waals surface area contributed by atoms with Crippen LogP contribution in [0.4, 0.5) is 4.79 Å². The lowest BCUT2D eigenvalue weighted by Crippen LogP contribution is -2.62. The predicted molar refractivity (Wildman–Crippen MR) is 236 cm³/mol. The van der Waals surface area contributed by atoms with Crippen molar-refractivity contribution in [3.8, 4) is 0 Å². The maximum atomic E-state index is 14.7. The summed E-state index contributed by atoms with van der Waals surface area (Å²) in [5.41, 5.74) is 4.31. The fourth-order valence-electron chi connectivity index (χ4n) is 7.26. The number of likely N-dealkylation sites (tertiary alicyclic amines) is 1. The van der Waals surface area contributed by atoms with Crippen molar-refractivity contribution in [1.29, 1.82) is 0 Å². The van der Waals surface area contributed by atoms with Crippen LogP contribution in [0, 0.1) is 11.8 Å². The summed E-state index contributed by atoms with van der Waals surface area (Å²) in [6, 6.07) is 9.67. The van der Waals surface area contributed by atoms with E-state index in [1.165, 1.54) is 11.8 Å². The number of amides is 8. The van der Waals surface area contributed by atoms with Gasteiger partial charge in [0.05, 0.1) is 25.2 Å². The molecule has 0 spiro atoms. The molecule has 8 N–H and O–H groups in total. The van der Waals surface area contributed by atoms with Gasteiger partial charge in [0.1, 0.15) is 30.2 Å². The molecule has 1 saturated heterocycles. The standard InChI is InChI=1S/C45H64N8O13/c1-8-27(5)39(53(65)43(62)33(20-21-36(55)56)48-40(59)34(23-37(57)58)47-29(7)54)42(61)49-38(26(3)4)44(63)51-24-32(66-25-30-16-12-10-13-17-30)22-35(51)41(60)50-52(9-2)45(64)46-28(6)31-18-14-11-15-19-31/h10-19,26-28,32-35,38-39,65H,8-9,20-25H2,1-7H3,(H,46,64)(H,47,54)(H,48,59)(H,49,61)(H,50,60)(H,55,56)(H,57,58)/t27-,28-,32+,33+,34-,35-,38-,39-/m0/s1. The fraction of sp³-hybridized carbons (Fsp3) is 0.533. The number of hydrogen-bond acceptors (Lipinski definition) is 11. The van der Waals surface area contributed by atoms with Crippen LogP contribution in [0.1, 0.15) is 97.7 Å². The molecule has 0 unspecified atom stereocenters. The van der Waals surface area contributed by atoms with Crippen molar-refractivity contribution in [1.82, 2.24) is 41.7 Å². The Bertz CT molecular complexity index is 1990. The number of hydrogen-bond donors (Lipinski definition) is 8. The number of carbonyl (C=O) groups excluding carboxylic acids is 7. The second-order valence-corrected chi connectivity index (χ2v) is 16.6. The monoisotopic (exact) mass is 924 g/mol. The first-order chi connectivity index (χ1) is 31.2. The maximum Gasteiger partial charge on any atom is 0.336 e. The summed E-state index contributed by atoms with van der Waals surface area (Å²) in [6.07, 6.45) is -2.64. The summed E-state index contributed by atoms with van der Waals surface area (Å²) < 4.78 is 6.18. The molecule has 3 rings (SSSR count). The van der Waals surface area contributed by atoms with Gasteiger partial charge in [-0.2, -0.15) is 0 Å². The topological polar surface area (TPSA) is 293 Å². The minimum atomic E-state index is -1.81. The maximum absolute atomic E-state index is 14.7. The highest BCUT2D eigenvalue weighted by Gasteiger charge is 2.45. The highest BCUT2D eigenvalue weighted by Crippen LogP contribution is 2.25. The third-order valence-electron chi connectivity index (χ3n) is 11.1. The van der Waals surface area contributed by atoms with Gasteiger partial charge >= 0.3 is 18.0 Å². The Morgan fingerprint density at radius 2 is 1.42 bits per heavy atom.